The summed E-state index contributed by atoms with van der Waals surface area (Å²) in [6.07, 6.45) is 19.2. The van der Waals surface area contributed by atoms with Crippen molar-refractivity contribution < 1.29 is 0 Å². The van der Waals surface area contributed by atoms with Crippen LogP contribution in [0.5, 0.6) is 0 Å². The first kappa shape index (κ1) is 36.5. The average Bonchev–Trinajstić information content (AvgIpc) is 3.38. The van der Waals surface area contributed by atoms with Crippen molar-refractivity contribution in [2.24, 2.45) is 17.3 Å². The van der Waals surface area contributed by atoms with E-state index in [0.717, 1.165) is 0 Å². The van der Waals surface area contributed by atoms with Gasteiger partial charge in [-0.1, -0.05) is 167 Å². The molecule has 0 fully saturated rings. The van der Waals surface area contributed by atoms with Gasteiger partial charge in [0, 0.05) is 34.3 Å². The average molecular weight is 732 g/mol. The molecule has 56 heavy (non-hydrogen) atoms. The largest absolute Gasteiger partial charge is 0.310 e. The summed E-state index contributed by atoms with van der Waals surface area (Å²) in [5, 5.41) is 0. The molecule has 0 aromatic heterocycles. The smallest absolute Gasteiger partial charge is 0.0465 e. The summed E-state index contributed by atoms with van der Waals surface area (Å²) in [6.45, 7) is 25.5. The standard InChI is InChI=1S/C55H57N/c1-52(2,3)38-17-21-41(22-18-38)56(42-23-19-39(20-24-42)53(4,5)6)43-25-29-46-45-27-15-35(32-48(45)55(10,11)49(46)33-43)44-26-14-34-12-13-36-30-40(54(7,8)9)31-37-16-28-47(44)51(34)50(36)37/h12-33,50-51H,1-11H3. The molecule has 1 heteroatoms. The van der Waals surface area contributed by atoms with E-state index in [2.05, 4.69) is 215 Å². The van der Waals surface area contributed by atoms with Crippen molar-refractivity contribution in [3.8, 4) is 11.1 Å². The van der Waals surface area contributed by atoms with Crippen molar-refractivity contribution in [2.75, 3.05) is 4.90 Å². The second kappa shape index (κ2) is 12.4. The monoisotopic (exact) mass is 731 g/mol. The Morgan fingerprint density at radius 2 is 1.02 bits per heavy atom. The lowest BCUT2D eigenvalue weighted by molar-refractivity contribution is 0.500. The summed E-state index contributed by atoms with van der Waals surface area (Å²) in [5.74, 6) is 0.734. The third-order valence-corrected chi connectivity index (χ3v) is 13.1. The summed E-state index contributed by atoms with van der Waals surface area (Å²) in [7, 11) is 0. The summed E-state index contributed by atoms with van der Waals surface area (Å²) >= 11 is 0. The van der Waals surface area contributed by atoms with Crippen molar-refractivity contribution >= 4 is 22.6 Å². The van der Waals surface area contributed by atoms with Gasteiger partial charge in [0.15, 0.2) is 0 Å². The molecule has 0 saturated heterocycles. The van der Waals surface area contributed by atoms with E-state index in [1.165, 1.54) is 89.4 Å². The van der Waals surface area contributed by atoms with E-state index in [1.54, 1.807) is 0 Å². The highest BCUT2D eigenvalue weighted by Crippen LogP contribution is 2.55. The Hall–Kier alpha value is -5.14. The Morgan fingerprint density at radius 1 is 0.482 bits per heavy atom. The molecule has 282 valence electrons. The fourth-order valence-corrected chi connectivity index (χ4v) is 9.69. The molecule has 0 amide bonds. The normalized spacial score (nSPS) is 20.4. The van der Waals surface area contributed by atoms with Gasteiger partial charge >= 0.3 is 0 Å². The molecule has 4 aromatic carbocycles. The second-order valence-corrected chi connectivity index (χ2v) is 20.4. The number of anilines is 3. The Balaban J connectivity index is 1.10. The van der Waals surface area contributed by atoms with Crippen molar-refractivity contribution in [1.82, 2.24) is 0 Å². The summed E-state index contributed by atoms with van der Waals surface area (Å²) < 4.78 is 0. The highest BCUT2D eigenvalue weighted by molar-refractivity contribution is 5.90. The zero-order valence-corrected chi connectivity index (χ0v) is 35.3. The molecule has 5 aliphatic rings. The predicted molar refractivity (Wildman–Crippen MR) is 240 cm³/mol. The van der Waals surface area contributed by atoms with Crippen LogP contribution in [0.25, 0.3) is 16.7 Å². The van der Waals surface area contributed by atoms with E-state index in [0.29, 0.717) is 11.8 Å². The molecule has 0 spiro atoms. The summed E-state index contributed by atoms with van der Waals surface area (Å²) in [5.41, 5.74) is 21.7. The SMILES string of the molecule is CC(C)(C)C1=CC2=CC=C3C(c4ccc5c(c4)C(C)(C)c4cc(N(c6ccc(C(C)(C)C)cc6)c6ccc(C(C)(C)C)cc6)ccc4-5)=CC=C4C=CC(=C1)C2C43. The first-order valence-electron chi connectivity index (χ1n) is 20.7. The maximum absolute atomic E-state index is 2.50. The second-order valence-electron chi connectivity index (χ2n) is 20.4. The minimum Gasteiger partial charge on any atom is -0.310 e. The molecule has 0 saturated carbocycles. The third-order valence-electron chi connectivity index (χ3n) is 13.1. The van der Waals surface area contributed by atoms with Gasteiger partial charge in [0.1, 0.15) is 0 Å². The minimum atomic E-state index is -0.167. The van der Waals surface area contributed by atoms with Gasteiger partial charge in [0.05, 0.1) is 0 Å². The van der Waals surface area contributed by atoms with Gasteiger partial charge in [0.2, 0.25) is 0 Å². The number of hydrogen-bond acceptors (Lipinski definition) is 1. The van der Waals surface area contributed by atoms with E-state index < -0.39 is 0 Å². The van der Waals surface area contributed by atoms with Gasteiger partial charge in [-0.05, 0) is 131 Å². The lowest BCUT2D eigenvalue weighted by Gasteiger charge is -2.42. The van der Waals surface area contributed by atoms with Gasteiger partial charge in [-0.2, -0.15) is 0 Å². The zero-order chi connectivity index (χ0) is 39.5. The van der Waals surface area contributed by atoms with Crippen LogP contribution in [0.3, 0.4) is 0 Å². The fourth-order valence-electron chi connectivity index (χ4n) is 9.69. The Morgan fingerprint density at radius 3 is 1.61 bits per heavy atom. The molecule has 0 heterocycles. The number of allylic oxidation sites excluding steroid dienone is 14. The first-order chi connectivity index (χ1) is 26.4. The third kappa shape index (κ3) is 5.89. The topological polar surface area (TPSA) is 3.24 Å². The van der Waals surface area contributed by atoms with Crippen LogP contribution in [0.1, 0.15) is 104 Å². The van der Waals surface area contributed by atoms with E-state index in [-0.39, 0.29) is 21.7 Å². The van der Waals surface area contributed by atoms with Crippen molar-refractivity contribution in [1.29, 1.82) is 0 Å². The van der Waals surface area contributed by atoms with Crippen LogP contribution in [0.15, 0.2) is 161 Å². The van der Waals surface area contributed by atoms with Gasteiger partial charge < -0.3 is 4.90 Å². The molecular formula is C55H57N. The van der Waals surface area contributed by atoms with E-state index in [1.807, 2.05) is 0 Å². The molecule has 1 nitrogen and oxygen atoms in total. The lowest BCUT2D eigenvalue weighted by Crippen LogP contribution is -2.30. The summed E-state index contributed by atoms with van der Waals surface area (Å²) in [4.78, 5) is 2.43. The van der Waals surface area contributed by atoms with Crippen LogP contribution in [0, 0.1) is 17.3 Å². The molecule has 0 bridgehead atoms. The van der Waals surface area contributed by atoms with Gasteiger partial charge in [-0.25, -0.2) is 0 Å². The van der Waals surface area contributed by atoms with Crippen LogP contribution in [-0.4, -0.2) is 0 Å². The molecule has 2 atom stereocenters. The zero-order valence-electron chi connectivity index (χ0n) is 35.3. The van der Waals surface area contributed by atoms with Crippen LogP contribution in [0.2, 0.25) is 0 Å². The number of benzene rings is 4. The van der Waals surface area contributed by atoms with Crippen LogP contribution in [-0.2, 0) is 16.2 Å². The molecule has 9 rings (SSSR count). The van der Waals surface area contributed by atoms with Crippen LogP contribution in [0.4, 0.5) is 17.1 Å². The predicted octanol–water partition coefficient (Wildman–Crippen LogP) is 15.0. The van der Waals surface area contributed by atoms with Gasteiger partial charge in [0.25, 0.3) is 0 Å². The highest BCUT2D eigenvalue weighted by Gasteiger charge is 2.42. The quantitative estimate of drug-likeness (QED) is 0.202. The maximum atomic E-state index is 2.50. The molecule has 0 aliphatic heterocycles. The molecule has 2 unspecified atom stereocenters. The van der Waals surface area contributed by atoms with E-state index in [4.69, 9.17) is 0 Å². The van der Waals surface area contributed by atoms with Crippen LogP contribution < -0.4 is 4.90 Å². The number of rotatable bonds is 4. The van der Waals surface area contributed by atoms with Gasteiger partial charge in [-0.15, -0.1) is 0 Å². The Kier molecular flexibility index (Phi) is 8.10. The molecule has 4 aromatic rings. The fraction of sp³-hybridized carbons (Fsp3) is 0.309. The lowest BCUT2D eigenvalue weighted by atomic mass is 9.61. The first-order valence-corrected chi connectivity index (χ1v) is 20.7. The van der Waals surface area contributed by atoms with Crippen LogP contribution >= 0.6 is 0 Å². The summed E-state index contributed by atoms with van der Waals surface area (Å²) in [6, 6.07) is 32.8. The van der Waals surface area contributed by atoms with Gasteiger partial charge in [-0.3, -0.25) is 0 Å². The number of fused-ring (bicyclic) bond motifs is 3. The van der Waals surface area contributed by atoms with Crippen molar-refractivity contribution in [3.05, 3.63) is 189 Å². The van der Waals surface area contributed by atoms with E-state index in [9.17, 15) is 0 Å². The highest BCUT2D eigenvalue weighted by atomic mass is 15.1. The Labute approximate surface area is 336 Å². The molecule has 0 N–H and O–H groups in total. The van der Waals surface area contributed by atoms with Crippen molar-refractivity contribution in [3.63, 3.8) is 0 Å². The van der Waals surface area contributed by atoms with E-state index >= 15 is 0 Å². The Bertz CT molecular complexity index is 2450. The minimum absolute atomic E-state index is 0.0934. The number of nitrogens with zero attached hydrogens (tertiary/aromatic N) is 1. The number of hydrogen-bond donors (Lipinski definition) is 0. The van der Waals surface area contributed by atoms with Crippen molar-refractivity contribution in [2.45, 2.75) is 92.4 Å². The molecule has 0 radical (unpaired) electrons. The maximum Gasteiger partial charge on any atom is 0.0465 e. The molecular weight excluding hydrogens is 675 g/mol. The molecule has 5 aliphatic carbocycles.